The Morgan fingerprint density at radius 1 is 0.935 bits per heavy atom. The van der Waals surface area contributed by atoms with Crippen LogP contribution < -0.4 is 5.32 Å². The van der Waals surface area contributed by atoms with Gasteiger partial charge in [0, 0.05) is 12.1 Å². The van der Waals surface area contributed by atoms with E-state index in [-0.39, 0.29) is 23.0 Å². The van der Waals surface area contributed by atoms with E-state index in [4.69, 9.17) is 0 Å². The number of amides is 1. The van der Waals surface area contributed by atoms with Crippen molar-refractivity contribution in [1.29, 1.82) is 0 Å². The van der Waals surface area contributed by atoms with E-state index in [1.165, 1.54) is 17.7 Å². The predicted octanol–water partition coefficient (Wildman–Crippen LogP) is 5.35. The summed E-state index contributed by atoms with van der Waals surface area (Å²) < 4.78 is 0. The third kappa shape index (κ3) is 6.68. The number of aromatic hydroxyl groups is 1. The highest BCUT2D eigenvalue weighted by Gasteiger charge is 2.08. The van der Waals surface area contributed by atoms with Crippen molar-refractivity contribution in [3.8, 4) is 5.75 Å². The second-order valence-corrected chi connectivity index (χ2v) is 7.54. The van der Waals surface area contributed by atoms with Gasteiger partial charge < -0.3 is 10.4 Å². The highest BCUT2D eigenvalue weighted by molar-refractivity contribution is 6.08. The zero-order valence-electron chi connectivity index (χ0n) is 17.7. The topological polar surface area (TPSA) is 66.4 Å². The summed E-state index contributed by atoms with van der Waals surface area (Å²) in [5, 5.41) is 12.8. The number of aryl methyl sites for hydroxylation is 2. The van der Waals surface area contributed by atoms with E-state index in [0.29, 0.717) is 12.1 Å². The minimum absolute atomic E-state index is 0.0314. The Balaban J connectivity index is 1.46. The molecule has 3 aromatic carbocycles. The maximum absolute atomic E-state index is 12.3. The minimum atomic E-state index is -0.265. The van der Waals surface area contributed by atoms with E-state index < -0.39 is 0 Å². The Bertz CT molecular complexity index is 1050. The van der Waals surface area contributed by atoms with Crippen LogP contribution >= 0.6 is 0 Å². The van der Waals surface area contributed by atoms with Crippen molar-refractivity contribution >= 4 is 17.8 Å². The highest BCUT2D eigenvalue weighted by atomic mass is 16.3. The summed E-state index contributed by atoms with van der Waals surface area (Å²) >= 11 is 0. The van der Waals surface area contributed by atoms with Gasteiger partial charge in [0.1, 0.15) is 5.75 Å². The third-order valence-corrected chi connectivity index (χ3v) is 5.04. The van der Waals surface area contributed by atoms with Crippen molar-refractivity contribution in [2.24, 2.45) is 0 Å². The summed E-state index contributed by atoms with van der Waals surface area (Å²) in [6.45, 7) is 2.51. The molecule has 0 aliphatic rings. The summed E-state index contributed by atoms with van der Waals surface area (Å²) in [6.07, 6.45) is 6.07. The van der Waals surface area contributed by atoms with E-state index >= 15 is 0 Å². The average Bonchev–Trinajstić information content (AvgIpc) is 2.79. The molecule has 2 N–H and O–H groups in total. The molecule has 3 rings (SSSR count). The maximum Gasteiger partial charge on any atom is 0.251 e. The van der Waals surface area contributed by atoms with Gasteiger partial charge in [-0.25, -0.2) is 0 Å². The zero-order valence-corrected chi connectivity index (χ0v) is 17.7. The minimum Gasteiger partial charge on any atom is -0.507 e. The second kappa shape index (κ2) is 10.9. The number of benzene rings is 3. The second-order valence-electron chi connectivity index (χ2n) is 7.54. The maximum atomic E-state index is 12.3. The SMILES string of the molecule is Cc1ccc(O)c(C(=O)/C=C/c2ccc(C(=O)NCCCCc3ccccc3)cc2)c1. The molecule has 0 saturated heterocycles. The molecular weight excluding hydrogens is 386 g/mol. The standard InChI is InChI=1S/C27H27NO3/c1-20-10-16-25(29)24(19-20)26(30)17-13-22-11-14-23(15-12-22)27(31)28-18-6-5-9-21-7-3-2-4-8-21/h2-4,7-8,10-17,19,29H,5-6,9,18H2,1H3,(H,28,31)/b17-13+. The quantitative estimate of drug-likeness (QED) is 0.282. The van der Waals surface area contributed by atoms with Gasteiger partial charge in [-0.15, -0.1) is 0 Å². The summed E-state index contributed by atoms with van der Waals surface area (Å²) in [4.78, 5) is 24.6. The molecule has 3 aromatic rings. The highest BCUT2D eigenvalue weighted by Crippen LogP contribution is 2.19. The van der Waals surface area contributed by atoms with Crippen molar-refractivity contribution in [2.75, 3.05) is 6.54 Å². The number of allylic oxidation sites excluding steroid dienone is 1. The van der Waals surface area contributed by atoms with Crippen molar-refractivity contribution in [2.45, 2.75) is 26.2 Å². The molecule has 0 aliphatic heterocycles. The summed E-state index contributed by atoms with van der Waals surface area (Å²) in [5.74, 6) is -0.398. The fourth-order valence-electron chi connectivity index (χ4n) is 3.26. The number of unbranched alkanes of at least 4 members (excludes halogenated alkanes) is 1. The largest absolute Gasteiger partial charge is 0.507 e. The van der Waals surface area contributed by atoms with Crippen LogP contribution in [0.1, 0.15) is 50.2 Å². The molecule has 0 bridgehead atoms. The van der Waals surface area contributed by atoms with Crippen molar-refractivity contribution in [3.05, 3.63) is 107 Å². The number of phenolic OH excluding ortho intramolecular Hbond substituents is 1. The predicted molar refractivity (Wildman–Crippen MR) is 124 cm³/mol. The first-order chi connectivity index (χ1) is 15.0. The van der Waals surface area contributed by atoms with Gasteiger partial charge in [0.15, 0.2) is 5.78 Å². The third-order valence-electron chi connectivity index (χ3n) is 5.04. The molecule has 4 heteroatoms. The first-order valence-corrected chi connectivity index (χ1v) is 10.5. The number of carbonyl (C=O) groups excluding carboxylic acids is 2. The van der Waals surface area contributed by atoms with Crippen LogP contribution in [0.5, 0.6) is 5.75 Å². The molecule has 0 atom stereocenters. The molecule has 0 unspecified atom stereocenters. The van der Waals surface area contributed by atoms with Crippen LogP contribution in [0.3, 0.4) is 0 Å². The Morgan fingerprint density at radius 2 is 1.68 bits per heavy atom. The van der Waals surface area contributed by atoms with Gasteiger partial charge in [0.25, 0.3) is 5.91 Å². The van der Waals surface area contributed by atoms with Gasteiger partial charge in [-0.1, -0.05) is 60.2 Å². The van der Waals surface area contributed by atoms with Crippen LogP contribution in [-0.2, 0) is 6.42 Å². The van der Waals surface area contributed by atoms with Crippen LogP contribution in [0.2, 0.25) is 0 Å². The van der Waals surface area contributed by atoms with E-state index in [2.05, 4.69) is 17.4 Å². The van der Waals surface area contributed by atoms with E-state index in [9.17, 15) is 14.7 Å². The van der Waals surface area contributed by atoms with E-state index in [1.807, 2.05) is 25.1 Å². The number of nitrogens with one attached hydrogen (secondary N) is 1. The lowest BCUT2D eigenvalue weighted by Gasteiger charge is -2.06. The molecule has 0 saturated carbocycles. The monoisotopic (exact) mass is 413 g/mol. The molecule has 4 nitrogen and oxygen atoms in total. The molecular formula is C27H27NO3. The fourth-order valence-corrected chi connectivity index (χ4v) is 3.26. The zero-order chi connectivity index (χ0) is 22.1. The molecule has 0 aromatic heterocycles. The molecule has 31 heavy (non-hydrogen) atoms. The van der Waals surface area contributed by atoms with Crippen LogP contribution in [0, 0.1) is 6.92 Å². The van der Waals surface area contributed by atoms with Crippen LogP contribution in [0.25, 0.3) is 6.08 Å². The van der Waals surface area contributed by atoms with Crippen LogP contribution in [0.4, 0.5) is 0 Å². The van der Waals surface area contributed by atoms with Crippen LogP contribution in [0.15, 0.2) is 78.9 Å². The smallest absolute Gasteiger partial charge is 0.251 e. The van der Waals surface area contributed by atoms with Gasteiger partial charge in [-0.05, 0) is 67.7 Å². The number of hydrogen-bond acceptors (Lipinski definition) is 3. The molecule has 0 spiro atoms. The van der Waals surface area contributed by atoms with Crippen molar-refractivity contribution in [3.63, 3.8) is 0 Å². The molecule has 0 aliphatic carbocycles. The fraction of sp³-hybridized carbons (Fsp3) is 0.185. The number of ketones is 1. The van der Waals surface area contributed by atoms with E-state index in [0.717, 1.165) is 30.4 Å². The molecule has 158 valence electrons. The van der Waals surface area contributed by atoms with Crippen LogP contribution in [-0.4, -0.2) is 23.3 Å². The molecule has 0 fully saturated rings. The Morgan fingerprint density at radius 3 is 2.42 bits per heavy atom. The summed E-state index contributed by atoms with van der Waals surface area (Å²) in [5.41, 5.74) is 3.89. The van der Waals surface area contributed by atoms with Gasteiger partial charge >= 0.3 is 0 Å². The Hall–Kier alpha value is -3.66. The van der Waals surface area contributed by atoms with E-state index in [1.54, 1.807) is 42.5 Å². The van der Waals surface area contributed by atoms with Gasteiger partial charge in [0.2, 0.25) is 0 Å². The lowest BCUT2D eigenvalue weighted by molar-refractivity contribution is 0.0952. The number of hydrogen-bond donors (Lipinski definition) is 2. The Labute approximate surface area is 183 Å². The first-order valence-electron chi connectivity index (χ1n) is 10.5. The van der Waals surface area contributed by atoms with Gasteiger partial charge in [0.05, 0.1) is 5.56 Å². The average molecular weight is 414 g/mol. The summed E-state index contributed by atoms with van der Waals surface area (Å²) in [7, 11) is 0. The lowest BCUT2D eigenvalue weighted by atomic mass is 10.0. The number of rotatable bonds is 9. The molecule has 0 heterocycles. The number of carbonyl (C=O) groups is 2. The Kier molecular flexibility index (Phi) is 7.77. The van der Waals surface area contributed by atoms with Crippen molar-refractivity contribution in [1.82, 2.24) is 5.32 Å². The van der Waals surface area contributed by atoms with Gasteiger partial charge in [-0.2, -0.15) is 0 Å². The van der Waals surface area contributed by atoms with Gasteiger partial charge in [-0.3, -0.25) is 9.59 Å². The number of phenols is 1. The molecule has 0 radical (unpaired) electrons. The summed E-state index contributed by atoms with van der Waals surface area (Å²) in [6, 6.07) is 22.3. The first kappa shape index (κ1) is 22.0. The normalized spacial score (nSPS) is 10.9. The van der Waals surface area contributed by atoms with Crippen molar-refractivity contribution < 1.29 is 14.7 Å². The molecule has 1 amide bonds. The lowest BCUT2D eigenvalue weighted by Crippen LogP contribution is -2.24.